The summed E-state index contributed by atoms with van der Waals surface area (Å²) >= 11 is 0. The van der Waals surface area contributed by atoms with Crippen LogP contribution in [0.3, 0.4) is 0 Å². The molecule has 0 saturated heterocycles. The van der Waals surface area contributed by atoms with Crippen LogP contribution in [0.5, 0.6) is 0 Å². The lowest BCUT2D eigenvalue weighted by Crippen LogP contribution is -2.26. The zero-order valence-corrected chi connectivity index (χ0v) is 9.07. The lowest BCUT2D eigenvalue weighted by atomic mass is 9.99. The zero-order valence-electron chi connectivity index (χ0n) is 9.07. The van der Waals surface area contributed by atoms with E-state index in [1.54, 1.807) is 31.2 Å². The van der Waals surface area contributed by atoms with Gasteiger partial charge in [-0.2, -0.15) is 5.10 Å². The molecule has 1 rings (SSSR count). The first-order valence-electron chi connectivity index (χ1n) is 4.51. The van der Waals surface area contributed by atoms with Crippen molar-refractivity contribution in [1.29, 1.82) is 0 Å². The van der Waals surface area contributed by atoms with E-state index in [2.05, 4.69) is 5.10 Å². The van der Waals surface area contributed by atoms with Crippen LogP contribution in [0.4, 0.5) is 0 Å². The monoisotopic (exact) mass is 196 g/mol. The van der Waals surface area contributed by atoms with E-state index >= 15 is 0 Å². The SMILES string of the molecule is COC(C)(C)CC(=O)c1cnn(C)c1. The van der Waals surface area contributed by atoms with Gasteiger partial charge in [-0.3, -0.25) is 9.48 Å². The van der Waals surface area contributed by atoms with Gasteiger partial charge in [0.25, 0.3) is 0 Å². The molecule has 0 unspecified atom stereocenters. The summed E-state index contributed by atoms with van der Waals surface area (Å²) in [6.07, 6.45) is 3.66. The molecule has 0 aliphatic rings. The van der Waals surface area contributed by atoms with Gasteiger partial charge in [-0.15, -0.1) is 0 Å². The van der Waals surface area contributed by atoms with E-state index < -0.39 is 5.60 Å². The molecule has 1 aromatic heterocycles. The van der Waals surface area contributed by atoms with Crippen LogP contribution in [0.2, 0.25) is 0 Å². The molecule has 0 fully saturated rings. The minimum atomic E-state index is -0.410. The van der Waals surface area contributed by atoms with E-state index in [0.717, 1.165) is 0 Å². The van der Waals surface area contributed by atoms with Gasteiger partial charge in [-0.1, -0.05) is 0 Å². The van der Waals surface area contributed by atoms with Crippen LogP contribution >= 0.6 is 0 Å². The van der Waals surface area contributed by atoms with Crippen LogP contribution in [-0.4, -0.2) is 28.3 Å². The van der Waals surface area contributed by atoms with Crippen molar-refractivity contribution in [3.8, 4) is 0 Å². The predicted molar refractivity (Wildman–Crippen MR) is 53.2 cm³/mol. The number of aromatic nitrogens is 2. The second kappa shape index (κ2) is 3.92. The Kier molecular flexibility index (Phi) is 3.06. The molecule has 0 radical (unpaired) electrons. The number of aryl methyl sites for hydroxylation is 1. The fourth-order valence-electron chi connectivity index (χ4n) is 1.13. The molecule has 1 aromatic rings. The van der Waals surface area contributed by atoms with E-state index in [-0.39, 0.29) is 5.78 Å². The van der Waals surface area contributed by atoms with Crippen molar-refractivity contribution in [1.82, 2.24) is 9.78 Å². The summed E-state index contributed by atoms with van der Waals surface area (Å²) in [5.74, 6) is 0.0601. The minimum Gasteiger partial charge on any atom is -0.378 e. The Bertz CT molecular complexity index is 329. The number of hydrogen-bond donors (Lipinski definition) is 0. The summed E-state index contributed by atoms with van der Waals surface area (Å²) in [4.78, 5) is 11.7. The van der Waals surface area contributed by atoms with Crippen molar-refractivity contribution in [3.63, 3.8) is 0 Å². The molecule has 0 aliphatic carbocycles. The summed E-state index contributed by atoms with van der Waals surface area (Å²) in [6.45, 7) is 3.78. The maximum Gasteiger partial charge on any atom is 0.168 e. The molecule has 0 saturated carbocycles. The van der Waals surface area contributed by atoms with Gasteiger partial charge in [0.05, 0.1) is 17.4 Å². The van der Waals surface area contributed by atoms with E-state index in [4.69, 9.17) is 4.74 Å². The first kappa shape index (κ1) is 10.9. The maximum atomic E-state index is 11.7. The third-order valence-electron chi connectivity index (χ3n) is 2.17. The van der Waals surface area contributed by atoms with Crippen molar-refractivity contribution in [2.75, 3.05) is 7.11 Å². The van der Waals surface area contributed by atoms with Gasteiger partial charge in [-0.25, -0.2) is 0 Å². The van der Waals surface area contributed by atoms with Crippen molar-refractivity contribution >= 4 is 5.78 Å². The van der Waals surface area contributed by atoms with Gasteiger partial charge in [0.1, 0.15) is 0 Å². The van der Waals surface area contributed by atoms with Crippen molar-refractivity contribution in [2.24, 2.45) is 7.05 Å². The molecule has 78 valence electrons. The van der Waals surface area contributed by atoms with Crippen molar-refractivity contribution < 1.29 is 9.53 Å². The van der Waals surface area contributed by atoms with E-state index in [1.807, 2.05) is 13.8 Å². The third kappa shape index (κ3) is 2.67. The quantitative estimate of drug-likeness (QED) is 0.684. The topological polar surface area (TPSA) is 44.1 Å². The molecular formula is C10H16N2O2. The maximum absolute atomic E-state index is 11.7. The van der Waals surface area contributed by atoms with Crippen LogP contribution in [0, 0.1) is 0 Å². The molecule has 0 aliphatic heterocycles. The number of carbonyl (C=O) groups excluding carboxylic acids is 1. The number of hydrogen-bond acceptors (Lipinski definition) is 3. The van der Waals surface area contributed by atoms with Gasteiger partial charge in [-0.05, 0) is 13.8 Å². The zero-order chi connectivity index (χ0) is 10.8. The number of carbonyl (C=O) groups is 1. The molecule has 0 spiro atoms. The Labute approximate surface area is 83.9 Å². The summed E-state index contributed by atoms with van der Waals surface area (Å²) in [6, 6.07) is 0. The Morgan fingerprint density at radius 2 is 2.29 bits per heavy atom. The lowest BCUT2D eigenvalue weighted by molar-refractivity contribution is 0.0172. The first-order valence-corrected chi connectivity index (χ1v) is 4.51. The summed E-state index contributed by atoms with van der Waals surface area (Å²) < 4.78 is 6.81. The highest BCUT2D eigenvalue weighted by Crippen LogP contribution is 2.16. The van der Waals surface area contributed by atoms with Crippen LogP contribution < -0.4 is 0 Å². The van der Waals surface area contributed by atoms with Crippen LogP contribution in [0.1, 0.15) is 30.6 Å². The predicted octanol–water partition coefficient (Wildman–Crippen LogP) is 1.42. The lowest BCUT2D eigenvalue weighted by Gasteiger charge is -2.21. The number of ether oxygens (including phenoxy) is 1. The van der Waals surface area contributed by atoms with Gasteiger partial charge in [0, 0.05) is 26.8 Å². The van der Waals surface area contributed by atoms with Crippen molar-refractivity contribution in [3.05, 3.63) is 18.0 Å². The number of Topliss-reactive ketones (excluding diaryl/α,β-unsaturated/α-hetero) is 1. The average Bonchev–Trinajstić information content (AvgIpc) is 2.51. The summed E-state index contributed by atoms with van der Waals surface area (Å²) in [5, 5.41) is 3.95. The molecule has 0 aromatic carbocycles. The largest absolute Gasteiger partial charge is 0.378 e. The Balaban J connectivity index is 2.68. The van der Waals surface area contributed by atoms with Gasteiger partial charge in [0.2, 0.25) is 0 Å². The average molecular weight is 196 g/mol. The molecular weight excluding hydrogens is 180 g/mol. The number of ketones is 1. The molecule has 1 heterocycles. The summed E-state index contributed by atoms with van der Waals surface area (Å²) in [5.41, 5.74) is 0.227. The molecule has 0 amide bonds. The van der Waals surface area contributed by atoms with Crippen LogP contribution in [-0.2, 0) is 11.8 Å². The van der Waals surface area contributed by atoms with Gasteiger partial charge in [0.15, 0.2) is 5.78 Å². The fourth-order valence-corrected chi connectivity index (χ4v) is 1.13. The van der Waals surface area contributed by atoms with Crippen LogP contribution in [0.25, 0.3) is 0 Å². The Hall–Kier alpha value is -1.16. The van der Waals surface area contributed by atoms with E-state index in [0.29, 0.717) is 12.0 Å². The van der Waals surface area contributed by atoms with Gasteiger partial charge >= 0.3 is 0 Å². The highest BCUT2D eigenvalue weighted by molar-refractivity contribution is 5.96. The molecule has 4 heteroatoms. The second-order valence-electron chi connectivity index (χ2n) is 3.97. The highest BCUT2D eigenvalue weighted by atomic mass is 16.5. The Morgan fingerprint density at radius 1 is 1.64 bits per heavy atom. The number of rotatable bonds is 4. The molecule has 14 heavy (non-hydrogen) atoms. The smallest absolute Gasteiger partial charge is 0.168 e. The fraction of sp³-hybridized carbons (Fsp3) is 0.600. The standard InChI is InChI=1S/C10H16N2O2/c1-10(2,14-4)5-9(13)8-6-11-12(3)7-8/h6-7H,5H2,1-4H3. The number of methoxy groups -OCH3 is 1. The Morgan fingerprint density at radius 3 is 2.71 bits per heavy atom. The first-order chi connectivity index (χ1) is 6.44. The van der Waals surface area contributed by atoms with E-state index in [1.165, 1.54) is 0 Å². The third-order valence-corrected chi connectivity index (χ3v) is 2.17. The molecule has 0 bridgehead atoms. The molecule has 4 nitrogen and oxygen atoms in total. The van der Waals surface area contributed by atoms with Gasteiger partial charge < -0.3 is 4.74 Å². The molecule has 0 atom stereocenters. The molecule has 0 N–H and O–H groups in total. The second-order valence-corrected chi connectivity index (χ2v) is 3.97. The normalized spacial score (nSPS) is 11.7. The highest BCUT2D eigenvalue weighted by Gasteiger charge is 2.22. The summed E-state index contributed by atoms with van der Waals surface area (Å²) in [7, 11) is 3.40. The number of nitrogens with zero attached hydrogens (tertiary/aromatic N) is 2. The minimum absolute atomic E-state index is 0.0601. The van der Waals surface area contributed by atoms with Crippen molar-refractivity contribution in [2.45, 2.75) is 25.9 Å². The van der Waals surface area contributed by atoms with Crippen LogP contribution in [0.15, 0.2) is 12.4 Å². The van der Waals surface area contributed by atoms with E-state index in [9.17, 15) is 4.79 Å².